The number of nitrogens with two attached hydrogens (primary N) is 1. The van der Waals surface area contributed by atoms with Gasteiger partial charge in [0.15, 0.2) is 0 Å². The summed E-state index contributed by atoms with van der Waals surface area (Å²) in [4.78, 5) is 12.4. The number of nitrogens with one attached hydrogen (secondary N) is 1. The Morgan fingerprint density at radius 1 is 1.50 bits per heavy atom. The van der Waals surface area contributed by atoms with E-state index in [0.717, 1.165) is 32.0 Å². The van der Waals surface area contributed by atoms with Gasteiger partial charge in [0.2, 0.25) is 0 Å². The van der Waals surface area contributed by atoms with Crippen molar-refractivity contribution in [1.82, 2.24) is 10.2 Å². The molecular weight excluding hydrogens is 178 g/mol. The number of hydrogen-bond acceptors (Lipinski definition) is 2. The molecule has 1 aliphatic rings. The van der Waals surface area contributed by atoms with Gasteiger partial charge in [-0.15, -0.1) is 0 Å². The number of urea groups is 1. The molecule has 1 aliphatic heterocycles. The number of carbonyl (C=O) groups excluding carboxylic acids is 1. The molecule has 82 valence electrons. The van der Waals surface area contributed by atoms with Crippen molar-refractivity contribution in [1.29, 1.82) is 0 Å². The van der Waals surface area contributed by atoms with Crippen LogP contribution in [0.2, 0.25) is 0 Å². The second-order valence-corrected chi connectivity index (χ2v) is 4.10. The normalized spacial score (nSPS) is 22.8. The van der Waals surface area contributed by atoms with Crippen molar-refractivity contribution < 1.29 is 4.79 Å². The van der Waals surface area contributed by atoms with E-state index in [1.54, 1.807) is 11.9 Å². The van der Waals surface area contributed by atoms with Crippen LogP contribution in [0.25, 0.3) is 0 Å². The molecule has 14 heavy (non-hydrogen) atoms. The first-order valence-electron chi connectivity index (χ1n) is 5.41. The molecule has 0 aromatic carbocycles. The zero-order chi connectivity index (χ0) is 10.4. The van der Waals surface area contributed by atoms with Crippen LogP contribution < -0.4 is 11.1 Å². The maximum absolute atomic E-state index is 10.8. The third-order valence-electron chi connectivity index (χ3n) is 2.94. The number of amides is 2. The van der Waals surface area contributed by atoms with Gasteiger partial charge in [-0.3, -0.25) is 0 Å². The van der Waals surface area contributed by atoms with Gasteiger partial charge in [-0.1, -0.05) is 0 Å². The predicted octanol–water partition coefficient (Wildman–Crippen LogP) is 0.777. The van der Waals surface area contributed by atoms with E-state index in [1.165, 1.54) is 19.3 Å². The molecule has 1 fully saturated rings. The minimum atomic E-state index is -0.322. The van der Waals surface area contributed by atoms with Gasteiger partial charge in [0.05, 0.1) is 0 Å². The summed E-state index contributed by atoms with van der Waals surface area (Å²) in [6.45, 7) is 3.05. The van der Waals surface area contributed by atoms with Crippen molar-refractivity contribution in [2.75, 3.05) is 26.7 Å². The van der Waals surface area contributed by atoms with Gasteiger partial charge in [-0.25, -0.2) is 4.79 Å². The molecule has 0 radical (unpaired) electrons. The van der Waals surface area contributed by atoms with Crippen LogP contribution in [0.5, 0.6) is 0 Å². The number of nitrogens with zero attached hydrogens (tertiary/aromatic N) is 1. The van der Waals surface area contributed by atoms with Gasteiger partial charge in [0.1, 0.15) is 0 Å². The summed E-state index contributed by atoms with van der Waals surface area (Å²) in [6, 6.07) is -0.322. The average Bonchev–Trinajstić information content (AvgIpc) is 2.42. The summed E-state index contributed by atoms with van der Waals surface area (Å²) >= 11 is 0. The molecule has 4 heteroatoms. The van der Waals surface area contributed by atoms with Crippen molar-refractivity contribution in [3.8, 4) is 0 Å². The second kappa shape index (κ2) is 5.86. The Kier molecular flexibility index (Phi) is 4.73. The predicted molar refractivity (Wildman–Crippen MR) is 57.0 cm³/mol. The maximum atomic E-state index is 10.8. The van der Waals surface area contributed by atoms with E-state index in [2.05, 4.69) is 5.32 Å². The quantitative estimate of drug-likeness (QED) is 0.705. The first kappa shape index (κ1) is 11.3. The lowest BCUT2D eigenvalue weighted by Gasteiger charge is -2.18. The van der Waals surface area contributed by atoms with Gasteiger partial charge in [0.25, 0.3) is 0 Å². The van der Waals surface area contributed by atoms with Crippen molar-refractivity contribution in [3.63, 3.8) is 0 Å². The minimum absolute atomic E-state index is 0.322. The van der Waals surface area contributed by atoms with E-state index in [0.29, 0.717) is 0 Å². The average molecular weight is 199 g/mol. The Hall–Kier alpha value is -0.770. The molecule has 0 bridgehead atoms. The highest BCUT2D eigenvalue weighted by molar-refractivity contribution is 5.71. The smallest absolute Gasteiger partial charge is 0.314 e. The molecule has 0 aromatic heterocycles. The van der Waals surface area contributed by atoms with E-state index in [1.807, 2.05) is 0 Å². The van der Waals surface area contributed by atoms with Crippen LogP contribution in [0.1, 0.15) is 25.7 Å². The number of primary amides is 1. The molecular formula is C10H21N3O. The zero-order valence-electron chi connectivity index (χ0n) is 8.96. The summed E-state index contributed by atoms with van der Waals surface area (Å²) in [5, 5.41) is 3.38. The molecule has 1 heterocycles. The van der Waals surface area contributed by atoms with Crippen molar-refractivity contribution in [2.45, 2.75) is 25.7 Å². The Morgan fingerprint density at radius 2 is 2.29 bits per heavy atom. The maximum Gasteiger partial charge on any atom is 0.314 e. The van der Waals surface area contributed by atoms with Crippen molar-refractivity contribution in [3.05, 3.63) is 0 Å². The molecule has 1 atom stereocenters. The minimum Gasteiger partial charge on any atom is -0.351 e. The Labute approximate surface area is 85.8 Å². The molecule has 1 rings (SSSR count). The number of rotatable bonds is 3. The van der Waals surface area contributed by atoms with Crippen LogP contribution in [0.4, 0.5) is 4.79 Å². The molecule has 3 N–H and O–H groups in total. The van der Waals surface area contributed by atoms with Crippen LogP contribution in [0, 0.1) is 5.92 Å². The van der Waals surface area contributed by atoms with E-state index in [4.69, 9.17) is 5.73 Å². The lowest BCUT2D eigenvalue weighted by Crippen LogP contribution is -2.33. The number of hydrogen-bond donors (Lipinski definition) is 2. The third kappa shape index (κ3) is 3.96. The Balaban J connectivity index is 2.18. The summed E-state index contributed by atoms with van der Waals surface area (Å²) < 4.78 is 0. The first-order valence-corrected chi connectivity index (χ1v) is 5.41. The van der Waals surface area contributed by atoms with E-state index < -0.39 is 0 Å². The van der Waals surface area contributed by atoms with Gasteiger partial charge in [-0.2, -0.15) is 0 Å². The largest absolute Gasteiger partial charge is 0.351 e. The fraction of sp³-hybridized carbons (Fsp3) is 0.900. The molecule has 4 nitrogen and oxygen atoms in total. The molecule has 1 unspecified atom stereocenters. The fourth-order valence-electron chi connectivity index (χ4n) is 1.87. The van der Waals surface area contributed by atoms with Crippen molar-refractivity contribution in [2.24, 2.45) is 11.7 Å². The summed E-state index contributed by atoms with van der Waals surface area (Å²) in [6.07, 6.45) is 4.85. The monoisotopic (exact) mass is 199 g/mol. The lowest BCUT2D eigenvalue weighted by atomic mass is 9.97. The van der Waals surface area contributed by atoms with E-state index in [-0.39, 0.29) is 6.03 Å². The molecule has 1 saturated heterocycles. The highest BCUT2D eigenvalue weighted by atomic mass is 16.2. The van der Waals surface area contributed by atoms with Crippen LogP contribution in [-0.2, 0) is 0 Å². The summed E-state index contributed by atoms with van der Waals surface area (Å²) in [5.41, 5.74) is 5.16. The van der Waals surface area contributed by atoms with Gasteiger partial charge >= 0.3 is 6.03 Å². The van der Waals surface area contributed by atoms with E-state index >= 15 is 0 Å². The summed E-state index contributed by atoms with van der Waals surface area (Å²) in [5.74, 6) is 0.756. The van der Waals surface area contributed by atoms with Crippen LogP contribution in [0.3, 0.4) is 0 Å². The first-order chi connectivity index (χ1) is 6.70. The molecule has 0 aliphatic carbocycles. The zero-order valence-corrected chi connectivity index (χ0v) is 8.96. The lowest BCUT2D eigenvalue weighted by molar-refractivity contribution is 0.214. The van der Waals surface area contributed by atoms with Gasteiger partial charge in [0, 0.05) is 13.6 Å². The highest BCUT2D eigenvalue weighted by Crippen LogP contribution is 2.17. The van der Waals surface area contributed by atoms with Crippen LogP contribution in [-0.4, -0.2) is 37.6 Å². The van der Waals surface area contributed by atoms with Crippen LogP contribution in [0.15, 0.2) is 0 Å². The topological polar surface area (TPSA) is 58.4 Å². The SMILES string of the molecule is CN(CCC1CCCNCC1)C(N)=O. The van der Waals surface area contributed by atoms with Crippen molar-refractivity contribution >= 4 is 6.03 Å². The van der Waals surface area contributed by atoms with Crippen LogP contribution >= 0.6 is 0 Å². The summed E-state index contributed by atoms with van der Waals surface area (Å²) in [7, 11) is 1.76. The van der Waals surface area contributed by atoms with Gasteiger partial charge < -0.3 is 16.0 Å². The number of carbonyl (C=O) groups is 1. The Morgan fingerprint density at radius 3 is 3.00 bits per heavy atom. The Bertz CT molecular complexity index is 176. The fourth-order valence-corrected chi connectivity index (χ4v) is 1.87. The molecule has 0 saturated carbocycles. The van der Waals surface area contributed by atoms with Gasteiger partial charge in [-0.05, 0) is 44.7 Å². The molecule has 0 aromatic rings. The van der Waals surface area contributed by atoms with E-state index in [9.17, 15) is 4.79 Å². The highest BCUT2D eigenvalue weighted by Gasteiger charge is 2.13. The second-order valence-electron chi connectivity index (χ2n) is 4.10. The third-order valence-corrected chi connectivity index (χ3v) is 2.94. The standard InChI is InChI=1S/C10H21N3O/c1-13(10(11)14)8-5-9-3-2-6-12-7-4-9/h9,12H,2-8H2,1H3,(H2,11,14). The molecule has 0 spiro atoms. The molecule has 2 amide bonds.